The molecule has 4 heteroatoms. The molecule has 50 valence electrons. The maximum atomic E-state index is 7.35. The van der Waals surface area contributed by atoms with Crippen LogP contribution in [0.15, 0.2) is 16.8 Å². The van der Waals surface area contributed by atoms with E-state index >= 15 is 0 Å². The van der Waals surface area contributed by atoms with Gasteiger partial charge in [-0.1, -0.05) is 6.58 Å². The third-order valence-electron chi connectivity index (χ3n) is 1.33. The van der Waals surface area contributed by atoms with E-state index in [-0.39, 0.29) is 5.49 Å². The third kappa shape index (κ3) is 0.452. The molecule has 0 unspecified atom stereocenters. The number of hydrogen-bond acceptors (Lipinski definition) is 3. The van der Waals surface area contributed by atoms with Crippen molar-refractivity contribution in [3.63, 3.8) is 0 Å². The van der Waals surface area contributed by atoms with Crippen molar-refractivity contribution in [2.45, 2.75) is 0 Å². The summed E-state index contributed by atoms with van der Waals surface area (Å²) >= 11 is 0. The van der Waals surface area contributed by atoms with Crippen LogP contribution < -0.4 is 10.9 Å². The fraction of sp³-hybridized carbons (Fsp3) is 0. The summed E-state index contributed by atoms with van der Waals surface area (Å²) in [6.45, 7) is 3.51. The highest BCUT2D eigenvalue weighted by molar-refractivity contribution is 5.21. The molecule has 0 amide bonds. The summed E-state index contributed by atoms with van der Waals surface area (Å²) in [5, 5.41) is 7.35. The Kier molecular flexibility index (Phi) is 0.768. The summed E-state index contributed by atoms with van der Waals surface area (Å²) in [6, 6.07) is 0. The Labute approximate surface area is 55.9 Å². The summed E-state index contributed by atoms with van der Waals surface area (Å²) in [4.78, 5) is 3.84. The minimum atomic E-state index is 0.257. The van der Waals surface area contributed by atoms with Crippen LogP contribution in [0.2, 0.25) is 0 Å². The molecule has 0 aromatic carbocycles. The number of imidazole rings is 1. The van der Waals surface area contributed by atoms with Gasteiger partial charge in [-0.05, 0) is 0 Å². The molecule has 0 radical (unpaired) electrons. The first-order valence-electron chi connectivity index (χ1n) is 2.78. The quantitative estimate of drug-likeness (QED) is 0.531. The standard InChI is InChI=1S/C6H5N3O/c1-4-5(7)9-3-2-8-6(9)10-4/h2-3,7H,1H2. The summed E-state index contributed by atoms with van der Waals surface area (Å²) in [5.74, 6) is 0.426. The molecule has 0 spiro atoms. The van der Waals surface area contributed by atoms with Gasteiger partial charge < -0.3 is 4.42 Å². The maximum absolute atomic E-state index is 7.35. The van der Waals surface area contributed by atoms with Gasteiger partial charge in [-0.3, -0.25) is 9.81 Å². The average molecular weight is 135 g/mol. The first-order valence-corrected chi connectivity index (χ1v) is 2.78. The van der Waals surface area contributed by atoms with Gasteiger partial charge in [0.05, 0.1) is 0 Å². The molecule has 2 heterocycles. The molecule has 0 fully saturated rings. The third-order valence-corrected chi connectivity index (χ3v) is 1.33. The second kappa shape index (κ2) is 1.47. The summed E-state index contributed by atoms with van der Waals surface area (Å²) in [6.07, 6.45) is 3.24. The van der Waals surface area contributed by atoms with Crippen LogP contribution in [0.4, 0.5) is 0 Å². The van der Waals surface area contributed by atoms with Gasteiger partial charge in [0.1, 0.15) is 0 Å². The molecule has 2 aromatic heterocycles. The molecule has 0 bridgehead atoms. The highest BCUT2D eigenvalue weighted by Crippen LogP contribution is 1.89. The van der Waals surface area contributed by atoms with Crippen LogP contribution in [0, 0.1) is 5.41 Å². The van der Waals surface area contributed by atoms with Gasteiger partial charge in [-0.15, -0.1) is 0 Å². The van der Waals surface area contributed by atoms with E-state index in [1.54, 1.807) is 12.4 Å². The number of hydrogen-bond donors (Lipinski definition) is 1. The van der Waals surface area contributed by atoms with E-state index in [1.807, 2.05) is 0 Å². The van der Waals surface area contributed by atoms with Crippen molar-refractivity contribution < 1.29 is 4.42 Å². The zero-order valence-electron chi connectivity index (χ0n) is 5.16. The van der Waals surface area contributed by atoms with Crippen LogP contribution in [-0.2, 0) is 0 Å². The predicted octanol–water partition coefficient (Wildman–Crippen LogP) is -0.464. The van der Waals surface area contributed by atoms with E-state index in [1.165, 1.54) is 4.40 Å². The van der Waals surface area contributed by atoms with Gasteiger partial charge in [-0.2, -0.15) is 0 Å². The molecule has 2 aromatic rings. The highest BCUT2D eigenvalue weighted by Gasteiger charge is 1.98. The number of fused-ring (bicyclic) bond motifs is 1. The Morgan fingerprint density at radius 1 is 1.70 bits per heavy atom. The zero-order valence-corrected chi connectivity index (χ0v) is 5.16. The lowest BCUT2D eigenvalue weighted by atomic mass is 10.7. The number of oxazole rings is 1. The molecule has 2 rings (SSSR count). The molecular formula is C6H5N3O. The Hall–Kier alpha value is -1.58. The van der Waals surface area contributed by atoms with Crippen molar-refractivity contribution in [3.05, 3.63) is 23.3 Å². The lowest BCUT2D eigenvalue weighted by molar-refractivity contribution is 0.560. The van der Waals surface area contributed by atoms with E-state index in [9.17, 15) is 0 Å². The minimum absolute atomic E-state index is 0.257. The molecule has 0 saturated heterocycles. The number of nitrogens with zero attached hydrogens (tertiary/aromatic N) is 2. The molecule has 10 heavy (non-hydrogen) atoms. The monoisotopic (exact) mass is 135 g/mol. The van der Waals surface area contributed by atoms with E-state index in [2.05, 4.69) is 11.6 Å². The van der Waals surface area contributed by atoms with Crippen molar-refractivity contribution in [2.75, 3.05) is 0 Å². The second-order valence-electron chi connectivity index (χ2n) is 1.95. The fourth-order valence-corrected chi connectivity index (χ4v) is 0.828. The van der Waals surface area contributed by atoms with Crippen LogP contribution in [0.5, 0.6) is 0 Å². The average Bonchev–Trinajstić information content (AvgIpc) is 2.41. The lowest BCUT2D eigenvalue weighted by Crippen LogP contribution is -2.21. The molecule has 0 aliphatic heterocycles. The number of nitrogens with one attached hydrogen (secondary N) is 1. The van der Waals surface area contributed by atoms with Crippen LogP contribution in [0.1, 0.15) is 0 Å². The van der Waals surface area contributed by atoms with Crippen LogP contribution >= 0.6 is 0 Å². The highest BCUT2D eigenvalue weighted by atomic mass is 16.4. The molecule has 0 aliphatic rings. The molecule has 4 nitrogen and oxygen atoms in total. The van der Waals surface area contributed by atoms with E-state index in [0.717, 1.165) is 0 Å². The largest absolute Gasteiger partial charge is 0.422 e. The topological polar surface area (TPSA) is 54.3 Å². The predicted molar refractivity (Wildman–Crippen MR) is 34.1 cm³/mol. The van der Waals surface area contributed by atoms with E-state index in [0.29, 0.717) is 11.3 Å². The first kappa shape index (κ1) is 5.22. The first-order chi connectivity index (χ1) is 4.79. The minimum Gasteiger partial charge on any atom is -0.422 e. The summed E-state index contributed by atoms with van der Waals surface area (Å²) < 4.78 is 6.52. The molecular weight excluding hydrogens is 130 g/mol. The van der Waals surface area contributed by atoms with E-state index in [4.69, 9.17) is 9.83 Å². The molecule has 0 saturated carbocycles. The van der Waals surface area contributed by atoms with Crippen molar-refractivity contribution in [1.29, 1.82) is 5.41 Å². The van der Waals surface area contributed by atoms with Gasteiger partial charge in [0.25, 0.3) is 0 Å². The van der Waals surface area contributed by atoms with Gasteiger partial charge in [0.2, 0.25) is 0 Å². The molecule has 0 aliphatic carbocycles. The van der Waals surface area contributed by atoms with E-state index < -0.39 is 0 Å². The van der Waals surface area contributed by atoms with Crippen molar-refractivity contribution in [3.8, 4) is 0 Å². The van der Waals surface area contributed by atoms with Crippen molar-refractivity contribution >= 4 is 12.4 Å². The Morgan fingerprint density at radius 2 is 2.50 bits per heavy atom. The summed E-state index contributed by atoms with van der Waals surface area (Å²) in [7, 11) is 0. The van der Waals surface area contributed by atoms with Crippen LogP contribution in [0.3, 0.4) is 0 Å². The van der Waals surface area contributed by atoms with Crippen molar-refractivity contribution in [1.82, 2.24) is 9.38 Å². The fourth-order valence-electron chi connectivity index (χ4n) is 0.828. The Balaban J connectivity index is 3.24. The molecule has 0 atom stereocenters. The van der Waals surface area contributed by atoms with Crippen LogP contribution in [0.25, 0.3) is 12.4 Å². The molecule has 1 N–H and O–H groups in total. The van der Waals surface area contributed by atoms with Crippen molar-refractivity contribution in [2.24, 2.45) is 0 Å². The van der Waals surface area contributed by atoms with Gasteiger partial charge >= 0.3 is 5.84 Å². The number of rotatable bonds is 0. The van der Waals surface area contributed by atoms with Gasteiger partial charge in [-0.25, -0.2) is 4.98 Å². The SMILES string of the molecule is C=c1oc2nccn2c1=N. The second-order valence-corrected chi connectivity index (χ2v) is 1.95. The summed E-state index contributed by atoms with van der Waals surface area (Å²) in [5.41, 5.74) is 0.607. The smallest absolute Gasteiger partial charge is 0.307 e. The normalized spacial score (nSPS) is 10.8. The Bertz CT molecular complexity index is 453. The number of aromatic nitrogens is 2. The lowest BCUT2D eigenvalue weighted by Gasteiger charge is -1.71. The maximum Gasteiger partial charge on any atom is 0.307 e. The zero-order chi connectivity index (χ0) is 7.14. The Morgan fingerprint density at radius 3 is 3.20 bits per heavy atom. The van der Waals surface area contributed by atoms with Gasteiger partial charge in [0, 0.05) is 12.4 Å². The van der Waals surface area contributed by atoms with Gasteiger partial charge in [0.15, 0.2) is 10.9 Å². The van der Waals surface area contributed by atoms with Crippen LogP contribution in [-0.4, -0.2) is 9.38 Å².